The van der Waals surface area contributed by atoms with Crippen molar-refractivity contribution in [2.24, 2.45) is 0 Å². The quantitative estimate of drug-likeness (QED) is 0.432. The van der Waals surface area contributed by atoms with Crippen molar-refractivity contribution in [2.45, 2.75) is 0 Å². The Hall–Kier alpha value is 0.407. The second kappa shape index (κ2) is 9.05. The minimum atomic E-state index is -1.50. The van der Waals surface area contributed by atoms with Gasteiger partial charge in [0.1, 0.15) is 0 Å². The van der Waals surface area contributed by atoms with Gasteiger partial charge in [0.15, 0.2) is 0 Å². The van der Waals surface area contributed by atoms with E-state index in [2.05, 4.69) is 0 Å². The maximum atomic E-state index is 8.36. The first-order chi connectivity index (χ1) is 1.73. The second-order valence-corrected chi connectivity index (χ2v) is 0.238. The van der Waals surface area contributed by atoms with Crippen molar-refractivity contribution in [3.05, 3.63) is 10.1 Å². The Balaban J connectivity index is -0.0000000450. The topological polar surface area (TPSA) is 94.9 Å². The third-order valence-corrected chi connectivity index (χ3v) is 0. The van der Waals surface area contributed by atoms with Gasteiger partial charge in [-0.2, -0.15) is 0 Å². The molecule has 0 atom stereocenters. The summed E-state index contributed by atoms with van der Waals surface area (Å²) in [4.78, 5) is 8.36. The van der Waals surface area contributed by atoms with Crippen LogP contribution < -0.4 is 0 Å². The molecular weight excluding hydrogens is 245 g/mol. The van der Waals surface area contributed by atoms with Crippen molar-refractivity contribution >= 4 is 0 Å². The van der Waals surface area contributed by atoms with Crippen LogP contribution in [0.4, 0.5) is 0 Å². The van der Waals surface area contributed by atoms with E-state index in [4.69, 9.17) is 15.3 Å². The zero-order chi connectivity index (χ0) is 3.58. The van der Waals surface area contributed by atoms with Crippen LogP contribution in [0.15, 0.2) is 0 Å². The fourth-order valence-corrected chi connectivity index (χ4v) is 0. The van der Waals surface area contributed by atoms with Gasteiger partial charge in [-0.05, 0) is 0 Å². The molecule has 0 bridgehead atoms. The number of nitrogens with zero attached hydrogens (tertiary/aromatic N) is 1. The van der Waals surface area contributed by atoms with Crippen LogP contribution in [0.3, 0.4) is 0 Å². The Kier molecular flexibility index (Phi) is 24.3. The van der Waals surface area contributed by atoms with Gasteiger partial charge >= 0.3 is 0 Å². The third-order valence-electron chi connectivity index (χ3n) is 0. The zero-order valence-corrected chi connectivity index (χ0v) is 4.35. The number of rotatable bonds is 0. The molecule has 0 aromatic carbocycles. The summed E-state index contributed by atoms with van der Waals surface area (Å²) in [5.41, 5.74) is 0. The van der Waals surface area contributed by atoms with Crippen molar-refractivity contribution in [2.75, 3.05) is 0 Å². The minimum Gasteiger partial charge on any atom is -0.412 e. The Morgan fingerprint density at radius 1 is 1.67 bits per heavy atom. The number of hydrogen-bond acceptors (Lipinski definition) is 2. The first-order valence-electron chi connectivity index (χ1n) is 0.565. The SMILES string of the molecule is O.O=[N+]([O-])O.[Er]. The molecule has 0 saturated carbocycles. The first kappa shape index (κ1) is 16.1. The van der Waals surface area contributed by atoms with Crippen LogP contribution in [-0.2, 0) is 0 Å². The molecule has 0 fully saturated rings. The van der Waals surface area contributed by atoms with Crippen molar-refractivity contribution in [3.8, 4) is 0 Å². The first-order valence-corrected chi connectivity index (χ1v) is 0.565. The molecule has 0 radical (unpaired) electrons. The predicted octanol–water partition coefficient (Wildman–Crippen LogP) is -1.17. The van der Waals surface area contributed by atoms with Gasteiger partial charge in [0, 0.05) is 37.3 Å². The summed E-state index contributed by atoms with van der Waals surface area (Å²) in [6.45, 7) is 0. The van der Waals surface area contributed by atoms with Gasteiger partial charge in [0.25, 0.3) is 5.09 Å². The van der Waals surface area contributed by atoms with Gasteiger partial charge in [-0.15, -0.1) is 10.1 Å². The van der Waals surface area contributed by atoms with Gasteiger partial charge in [-0.3, -0.25) is 0 Å². The average Bonchev–Trinajstić information content (AvgIpc) is 0.811. The molecule has 5 nitrogen and oxygen atoms in total. The van der Waals surface area contributed by atoms with E-state index < -0.39 is 5.09 Å². The Labute approximate surface area is 63.0 Å². The Morgan fingerprint density at radius 2 is 1.67 bits per heavy atom. The van der Waals surface area contributed by atoms with Crippen LogP contribution in [-0.4, -0.2) is 15.8 Å². The Bertz CT molecular complexity index is 30.5. The fraction of sp³-hybridized carbons (Fsp3) is 0. The van der Waals surface area contributed by atoms with E-state index in [0.29, 0.717) is 0 Å². The molecule has 0 aliphatic heterocycles. The standard InChI is InChI=1S/Er.HNO3.H2O/c;2-1(3)4;/h;(H,2,3,4);1H2. The molecule has 0 aromatic rings. The third kappa shape index (κ3) is 309. The zero-order valence-electron chi connectivity index (χ0n) is 2.50. The van der Waals surface area contributed by atoms with Crippen molar-refractivity contribution in [1.29, 1.82) is 0 Å². The molecule has 0 aliphatic rings. The largest absolute Gasteiger partial charge is 0.412 e. The van der Waals surface area contributed by atoms with Crippen molar-refractivity contribution in [1.82, 2.24) is 0 Å². The summed E-state index contributed by atoms with van der Waals surface area (Å²) in [5, 5.41) is 13.6. The molecule has 6 heavy (non-hydrogen) atoms. The Morgan fingerprint density at radius 3 is 1.67 bits per heavy atom. The van der Waals surface area contributed by atoms with Crippen LogP contribution in [0.5, 0.6) is 0 Å². The monoisotopic (exact) mass is 247 g/mol. The molecule has 0 amide bonds. The molecule has 0 rings (SSSR count). The summed E-state index contributed by atoms with van der Waals surface area (Å²) >= 11 is 0. The van der Waals surface area contributed by atoms with Gasteiger partial charge < -0.3 is 10.7 Å². The molecule has 0 spiro atoms. The molecule has 0 aromatic heterocycles. The molecule has 44 valence electrons. The molecule has 0 unspecified atom stereocenters. The van der Waals surface area contributed by atoms with E-state index >= 15 is 0 Å². The normalized spacial score (nSPS) is 4.00. The maximum absolute atomic E-state index is 8.36. The average molecular weight is 248 g/mol. The van der Waals surface area contributed by atoms with Crippen LogP contribution in [0.1, 0.15) is 0 Å². The number of hydrogen-bond donors (Lipinski definition) is 1. The van der Waals surface area contributed by atoms with Crippen LogP contribution in [0.2, 0.25) is 0 Å². The van der Waals surface area contributed by atoms with Crippen LogP contribution in [0.25, 0.3) is 0 Å². The molecular formula is H3ErNO4. The van der Waals surface area contributed by atoms with E-state index in [1.807, 2.05) is 0 Å². The maximum Gasteiger partial charge on any atom is 0.291 e. The van der Waals surface area contributed by atoms with Crippen molar-refractivity contribution < 1.29 is 53.1 Å². The second-order valence-electron chi connectivity index (χ2n) is 0.238. The van der Waals surface area contributed by atoms with E-state index in [0.717, 1.165) is 0 Å². The summed E-state index contributed by atoms with van der Waals surface area (Å²) in [6.07, 6.45) is 0. The molecule has 0 heterocycles. The molecule has 3 N–H and O–H groups in total. The minimum absolute atomic E-state index is 0. The molecule has 0 saturated heterocycles. The summed E-state index contributed by atoms with van der Waals surface area (Å²) in [5.74, 6) is 0. The fourth-order valence-electron chi connectivity index (χ4n) is 0. The van der Waals surface area contributed by atoms with E-state index in [9.17, 15) is 0 Å². The van der Waals surface area contributed by atoms with Crippen LogP contribution in [0, 0.1) is 47.4 Å². The van der Waals surface area contributed by atoms with E-state index in [-0.39, 0.29) is 42.8 Å². The summed E-state index contributed by atoms with van der Waals surface area (Å²) in [7, 11) is 0. The summed E-state index contributed by atoms with van der Waals surface area (Å²) < 4.78 is 0. The predicted molar refractivity (Wildman–Crippen MR) is 12.4 cm³/mol. The van der Waals surface area contributed by atoms with Gasteiger partial charge in [-0.1, -0.05) is 0 Å². The van der Waals surface area contributed by atoms with Crippen molar-refractivity contribution in [3.63, 3.8) is 0 Å². The van der Waals surface area contributed by atoms with Gasteiger partial charge in [-0.25, -0.2) is 0 Å². The molecule has 0 aliphatic carbocycles. The van der Waals surface area contributed by atoms with Gasteiger partial charge in [0.2, 0.25) is 0 Å². The van der Waals surface area contributed by atoms with E-state index in [1.165, 1.54) is 0 Å². The van der Waals surface area contributed by atoms with Crippen LogP contribution >= 0.6 is 0 Å². The molecule has 6 heteroatoms. The smallest absolute Gasteiger partial charge is 0.291 e. The van der Waals surface area contributed by atoms with Gasteiger partial charge in [0.05, 0.1) is 0 Å². The summed E-state index contributed by atoms with van der Waals surface area (Å²) in [6, 6.07) is 0. The van der Waals surface area contributed by atoms with E-state index in [1.54, 1.807) is 0 Å².